The van der Waals surface area contributed by atoms with E-state index in [0.717, 1.165) is 33.9 Å². The molecule has 0 amide bonds. The van der Waals surface area contributed by atoms with Crippen molar-refractivity contribution in [2.45, 2.75) is 60.5 Å². The third-order valence-electron chi connectivity index (χ3n) is 11.8. The quantitative estimate of drug-likeness (QED) is 0.182. The minimum absolute atomic E-state index is 0.0162. The van der Waals surface area contributed by atoms with E-state index in [0.29, 0.717) is 0 Å². The summed E-state index contributed by atoms with van der Waals surface area (Å²) in [6.07, 6.45) is 1.90. The normalized spacial score (nSPS) is 16.0. The number of anilines is 1. The highest BCUT2D eigenvalue weighted by Crippen LogP contribution is 2.55. The number of amidine groups is 1. The first kappa shape index (κ1) is 33.3. The predicted molar refractivity (Wildman–Crippen MR) is 230 cm³/mol. The number of aryl methyl sites for hydroxylation is 7. The Balaban J connectivity index is 1.23. The van der Waals surface area contributed by atoms with Gasteiger partial charge in [-0.1, -0.05) is 95.6 Å². The largest absolute Gasteiger partial charge is 0.316 e. The highest BCUT2D eigenvalue weighted by molar-refractivity contribution is 6.14. The molecule has 268 valence electrons. The van der Waals surface area contributed by atoms with Crippen LogP contribution in [0.1, 0.15) is 67.7 Å². The van der Waals surface area contributed by atoms with Crippen LogP contribution in [-0.2, 0) is 0 Å². The second-order valence-electron chi connectivity index (χ2n) is 16.0. The Bertz CT molecular complexity index is 2900. The summed E-state index contributed by atoms with van der Waals surface area (Å²) in [5.74, 6) is 1.01. The average molecular weight is 713 g/mol. The summed E-state index contributed by atoms with van der Waals surface area (Å²) in [7, 11) is 0. The summed E-state index contributed by atoms with van der Waals surface area (Å²) in [4.78, 5) is 13.1. The molecule has 0 saturated carbocycles. The summed E-state index contributed by atoms with van der Waals surface area (Å²) in [5.41, 5.74) is 21.9. The molecule has 0 unspecified atom stereocenters. The van der Waals surface area contributed by atoms with Gasteiger partial charge in [0.15, 0.2) is 0 Å². The molecule has 0 N–H and O–H groups in total. The molecule has 4 heteroatoms. The first-order valence-electron chi connectivity index (χ1n) is 19.4. The lowest BCUT2D eigenvalue weighted by Gasteiger charge is -2.38. The number of rotatable bonds is 4. The van der Waals surface area contributed by atoms with E-state index in [1.54, 1.807) is 0 Å². The van der Waals surface area contributed by atoms with Gasteiger partial charge >= 0.3 is 0 Å². The minimum atomic E-state index is -0.0532. The van der Waals surface area contributed by atoms with E-state index in [4.69, 9.17) is 9.98 Å². The van der Waals surface area contributed by atoms with Crippen LogP contribution in [-0.4, -0.2) is 15.4 Å². The van der Waals surface area contributed by atoms with Crippen molar-refractivity contribution in [3.8, 4) is 28.1 Å². The van der Waals surface area contributed by atoms with E-state index in [2.05, 4.69) is 179 Å². The van der Waals surface area contributed by atoms with Gasteiger partial charge in [-0.05, 0) is 135 Å². The number of benzene rings is 6. The van der Waals surface area contributed by atoms with Crippen LogP contribution in [0.3, 0.4) is 0 Å². The first-order valence-corrected chi connectivity index (χ1v) is 19.4. The third-order valence-corrected chi connectivity index (χ3v) is 11.8. The lowest BCUT2D eigenvalue weighted by atomic mass is 9.78. The molecule has 2 aromatic heterocycles. The molecule has 6 aromatic carbocycles. The van der Waals surface area contributed by atoms with Crippen LogP contribution >= 0.6 is 0 Å². The summed E-state index contributed by atoms with van der Waals surface area (Å²) in [6.45, 7) is 15.5. The molecular formula is C51H44N4. The van der Waals surface area contributed by atoms with Gasteiger partial charge in [0.05, 0.1) is 22.8 Å². The minimum Gasteiger partial charge on any atom is -0.316 e. The zero-order valence-corrected chi connectivity index (χ0v) is 32.6. The van der Waals surface area contributed by atoms with E-state index < -0.39 is 0 Å². The van der Waals surface area contributed by atoms with E-state index in [1.807, 2.05) is 6.20 Å². The lowest BCUT2D eigenvalue weighted by molar-refractivity contribution is 0.603. The Kier molecular flexibility index (Phi) is 7.51. The fraction of sp³-hybridized carbons (Fsp3) is 0.176. The number of hydrogen-bond donors (Lipinski definition) is 0. The topological polar surface area (TPSA) is 33.4 Å². The van der Waals surface area contributed by atoms with Gasteiger partial charge in [0, 0.05) is 39.5 Å². The highest BCUT2D eigenvalue weighted by Gasteiger charge is 2.45. The summed E-state index contributed by atoms with van der Waals surface area (Å²) >= 11 is 0. The fourth-order valence-corrected chi connectivity index (χ4v) is 9.54. The number of aliphatic imine (C=N–C) groups is 1. The van der Waals surface area contributed by atoms with Crippen LogP contribution in [0.15, 0.2) is 133 Å². The molecule has 55 heavy (non-hydrogen) atoms. The molecule has 8 aromatic rings. The van der Waals surface area contributed by atoms with Gasteiger partial charge < -0.3 is 9.47 Å². The molecule has 1 aliphatic heterocycles. The molecule has 10 rings (SSSR count). The monoisotopic (exact) mass is 712 g/mol. The van der Waals surface area contributed by atoms with Crippen molar-refractivity contribution in [3.63, 3.8) is 0 Å². The zero-order valence-electron chi connectivity index (χ0n) is 32.6. The summed E-state index contributed by atoms with van der Waals surface area (Å²) < 4.78 is 2.44. The standard InChI is InChI=1S/C51H44N4/c1-29-12-15-41-43(24-29)44-25-30(2)13-16-42(44)50-48(41)53-51(55(50)49-34(6)20-32(4)21-35(49)7)37-22-33(5)23-38(27-37)54-46-11-9-8-10-39(46)40-17-14-36(28-47(40)54)45-26-31(3)18-19-52-45/h8-28,48,50H,1-7H3/t48-,50+/m1/s1. The lowest BCUT2D eigenvalue weighted by Crippen LogP contribution is -2.35. The van der Waals surface area contributed by atoms with Crippen LogP contribution in [0.2, 0.25) is 0 Å². The van der Waals surface area contributed by atoms with Crippen molar-refractivity contribution in [1.29, 1.82) is 0 Å². The summed E-state index contributed by atoms with van der Waals surface area (Å²) in [5, 5.41) is 2.46. The van der Waals surface area contributed by atoms with Gasteiger partial charge in [-0.25, -0.2) is 0 Å². The van der Waals surface area contributed by atoms with Crippen molar-refractivity contribution in [3.05, 3.63) is 183 Å². The van der Waals surface area contributed by atoms with E-state index in [9.17, 15) is 0 Å². The molecule has 0 spiro atoms. The molecule has 0 bridgehead atoms. The smallest absolute Gasteiger partial charge is 0.136 e. The van der Waals surface area contributed by atoms with Crippen LogP contribution in [0.5, 0.6) is 0 Å². The van der Waals surface area contributed by atoms with Gasteiger partial charge in [0.2, 0.25) is 0 Å². The Morgan fingerprint density at radius 2 is 1.18 bits per heavy atom. The Morgan fingerprint density at radius 3 is 1.95 bits per heavy atom. The van der Waals surface area contributed by atoms with Crippen molar-refractivity contribution in [2.24, 2.45) is 4.99 Å². The Labute approximate surface area is 323 Å². The van der Waals surface area contributed by atoms with Crippen molar-refractivity contribution >= 4 is 33.3 Å². The third kappa shape index (κ3) is 5.26. The first-order chi connectivity index (χ1) is 26.6. The van der Waals surface area contributed by atoms with Crippen molar-refractivity contribution < 1.29 is 0 Å². The maximum Gasteiger partial charge on any atom is 0.136 e. The van der Waals surface area contributed by atoms with Gasteiger partial charge in [-0.2, -0.15) is 0 Å². The Morgan fingerprint density at radius 1 is 0.509 bits per heavy atom. The van der Waals surface area contributed by atoms with Crippen LogP contribution in [0.4, 0.5) is 5.69 Å². The highest BCUT2D eigenvalue weighted by atomic mass is 15.3. The maximum atomic E-state index is 5.81. The van der Waals surface area contributed by atoms with Crippen molar-refractivity contribution in [1.82, 2.24) is 9.55 Å². The molecule has 2 atom stereocenters. The molecule has 0 fully saturated rings. The molecule has 2 aliphatic rings. The molecule has 3 heterocycles. The zero-order chi connectivity index (χ0) is 37.7. The molecule has 0 radical (unpaired) electrons. The second-order valence-corrected chi connectivity index (χ2v) is 16.0. The number of aromatic nitrogens is 2. The number of nitrogens with zero attached hydrogens (tertiary/aromatic N) is 4. The Hall–Kier alpha value is -6.26. The summed E-state index contributed by atoms with van der Waals surface area (Å²) in [6, 6.07) is 45.3. The SMILES string of the molecule is Cc1cc(C2=N[C@@H]3c4ccc(C)cc4-c4cc(C)ccc4[C@@H]3N2c2c(C)cc(C)cc2C)cc(-n2c3ccccc3c3ccc(-c4cc(C)ccn4)cc32)c1. The maximum absolute atomic E-state index is 5.81. The average Bonchev–Trinajstić information content (AvgIpc) is 3.71. The number of fused-ring (bicyclic) bond motifs is 9. The predicted octanol–water partition coefficient (Wildman–Crippen LogP) is 12.7. The van der Waals surface area contributed by atoms with E-state index in [-0.39, 0.29) is 12.1 Å². The molecule has 4 nitrogen and oxygen atoms in total. The molecule has 1 aliphatic carbocycles. The second kappa shape index (κ2) is 12.4. The fourth-order valence-electron chi connectivity index (χ4n) is 9.54. The number of hydrogen-bond acceptors (Lipinski definition) is 3. The number of para-hydroxylation sites is 1. The molecule has 0 saturated heterocycles. The van der Waals surface area contributed by atoms with Gasteiger partial charge in [-0.3, -0.25) is 9.98 Å². The van der Waals surface area contributed by atoms with Crippen LogP contribution in [0.25, 0.3) is 49.9 Å². The van der Waals surface area contributed by atoms with Gasteiger partial charge in [0.1, 0.15) is 11.9 Å². The molecular weight excluding hydrogens is 669 g/mol. The van der Waals surface area contributed by atoms with Crippen molar-refractivity contribution in [2.75, 3.05) is 4.90 Å². The van der Waals surface area contributed by atoms with Crippen LogP contribution < -0.4 is 4.90 Å². The van der Waals surface area contributed by atoms with E-state index in [1.165, 1.54) is 83.2 Å². The van der Waals surface area contributed by atoms with Crippen LogP contribution in [0, 0.1) is 48.5 Å². The van der Waals surface area contributed by atoms with Gasteiger partial charge in [0.25, 0.3) is 0 Å². The number of pyridine rings is 1. The van der Waals surface area contributed by atoms with Gasteiger partial charge in [-0.15, -0.1) is 0 Å². The van der Waals surface area contributed by atoms with E-state index >= 15 is 0 Å².